The van der Waals surface area contributed by atoms with Gasteiger partial charge in [-0.25, -0.2) is 0 Å². The molecule has 1 aromatic rings. The minimum Gasteiger partial charge on any atom is -0.496 e. The Morgan fingerprint density at radius 1 is 1.43 bits per heavy atom. The van der Waals surface area contributed by atoms with E-state index in [0.717, 1.165) is 18.4 Å². The van der Waals surface area contributed by atoms with Crippen LogP contribution in [0.25, 0.3) is 0 Å². The summed E-state index contributed by atoms with van der Waals surface area (Å²) in [5, 5.41) is 3.63. The molecule has 0 heterocycles. The lowest BCUT2D eigenvalue weighted by atomic mass is 9.84. The number of carbonyl (C=O) groups is 1. The molecule has 0 aliphatic heterocycles. The zero-order chi connectivity index (χ0) is 15.0. The lowest BCUT2D eigenvalue weighted by Gasteiger charge is -2.27. The molecule has 21 heavy (non-hydrogen) atoms. The Morgan fingerprint density at radius 2 is 2.19 bits per heavy atom. The number of nitrogens with one attached hydrogen (secondary N) is 1. The quantitative estimate of drug-likeness (QED) is 0.897. The summed E-state index contributed by atoms with van der Waals surface area (Å²) in [4.78, 5) is 12.4. The minimum atomic E-state index is -0.0259. The number of halogens is 1. The molecule has 2 fully saturated rings. The van der Waals surface area contributed by atoms with E-state index in [1.165, 1.54) is 6.42 Å². The fraction of sp³-hybridized carbons (Fsp3) is 0.562. The molecule has 4 unspecified atom stereocenters. The number of amides is 1. The summed E-state index contributed by atoms with van der Waals surface area (Å²) in [5.74, 6) is 1.75. The summed E-state index contributed by atoms with van der Waals surface area (Å²) in [6, 6.07) is 5.46. The first kappa shape index (κ1) is 14.7. The van der Waals surface area contributed by atoms with E-state index >= 15 is 0 Å². The number of ether oxygens (including phenoxy) is 1. The van der Waals surface area contributed by atoms with E-state index in [1.807, 2.05) is 6.07 Å². The van der Waals surface area contributed by atoms with Crippen LogP contribution in [-0.2, 0) is 11.3 Å². The first-order valence-electron chi connectivity index (χ1n) is 7.46. The summed E-state index contributed by atoms with van der Waals surface area (Å²) >= 11 is 5.94. The molecule has 4 nitrogen and oxygen atoms in total. The van der Waals surface area contributed by atoms with Crippen LogP contribution in [0.4, 0.5) is 0 Å². The molecule has 2 aliphatic carbocycles. The molecule has 3 rings (SSSR count). The Kier molecular flexibility index (Phi) is 4.09. The van der Waals surface area contributed by atoms with Crippen molar-refractivity contribution in [3.8, 4) is 5.75 Å². The lowest BCUT2D eigenvalue weighted by Crippen LogP contribution is -2.45. The van der Waals surface area contributed by atoms with Gasteiger partial charge >= 0.3 is 0 Å². The van der Waals surface area contributed by atoms with Crippen molar-refractivity contribution < 1.29 is 9.53 Å². The summed E-state index contributed by atoms with van der Waals surface area (Å²) < 4.78 is 5.29. The molecular formula is C16H21ClN2O2. The molecular weight excluding hydrogens is 288 g/mol. The molecule has 1 amide bonds. The van der Waals surface area contributed by atoms with Gasteiger partial charge in [0.2, 0.25) is 5.91 Å². The van der Waals surface area contributed by atoms with Crippen LogP contribution in [0.3, 0.4) is 0 Å². The normalized spacial score (nSPS) is 30.4. The third-order valence-electron chi connectivity index (χ3n) is 4.99. The average Bonchev–Trinajstić information content (AvgIpc) is 3.06. The Morgan fingerprint density at radius 3 is 2.86 bits per heavy atom. The third-order valence-corrected chi connectivity index (χ3v) is 5.22. The van der Waals surface area contributed by atoms with Crippen LogP contribution < -0.4 is 15.8 Å². The first-order valence-corrected chi connectivity index (χ1v) is 7.83. The first-order chi connectivity index (χ1) is 10.1. The zero-order valence-corrected chi connectivity index (χ0v) is 12.9. The number of methoxy groups -OCH3 is 1. The molecule has 114 valence electrons. The fourth-order valence-electron chi connectivity index (χ4n) is 3.89. The molecule has 0 saturated heterocycles. The second kappa shape index (κ2) is 5.85. The number of benzene rings is 1. The van der Waals surface area contributed by atoms with Crippen LogP contribution in [0.5, 0.6) is 5.75 Å². The summed E-state index contributed by atoms with van der Waals surface area (Å²) in [6.07, 6.45) is 3.44. The largest absolute Gasteiger partial charge is 0.496 e. The molecule has 0 radical (unpaired) electrons. The van der Waals surface area contributed by atoms with Crippen molar-refractivity contribution in [2.45, 2.75) is 31.8 Å². The number of nitrogens with two attached hydrogens (primary N) is 1. The standard InChI is InChI=1S/C16H21ClN2O2/c1-21-13-7-12(17)5-4-11(13)8-19-16(20)14-9-2-3-10(6-9)15(14)18/h4-5,7,9-10,14-15H,2-3,6,8,18H2,1H3,(H,19,20). The van der Waals surface area contributed by atoms with E-state index in [4.69, 9.17) is 22.1 Å². The fourth-order valence-corrected chi connectivity index (χ4v) is 4.05. The molecule has 4 atom stereocenters. The Hall–Kier alpha value is -1.26. The molecule has 0 aromatic heterocycles. The van der Waals surface area contributed by atoms with Gasteiger partial charge < -0.3 is 15.8 Å². The Bertz CT molecular complexity index is 547. The predicted molar refractivity (Wildman–Crippen MR) is 82.1 cm³/mol. The molecule has 2 bridgehead atoms. The monoisotopic (exact) mass is 308 g/mol. The van der Waals surface area contributed by atoms with Gasteiger partial charge in [-0.2, -0.15) is 0 Å². The van der Waals surface area contributed by atoms with Crippen molar-refractivity contribution >= 4 is 17.5 Å². The highest BCUT2D eigenvalue weighted by Gasteiger charge is 2.48. The van der Waals surface area contributed by atoms with Crippen molar-refractivity contribution in [3.05, 3.63) is 28.8 Å². The van der Waals surface area contributed by atoms with Gasteiger partial charge in [-0.15, -0.1) is 0 Å². The summed E-state index contributed by atoms with van der Waals surface area (Å²) in [5.41, 5.74) is 7.13. The predicted octanol–water partition coefficient (Wildman–Crippen LogP) is 2.34. The molecule has 0 spiro atoms. The van der Waals surface area contributed by atoms with Crippen LogP contribution in [0.2, 0.25) is 5.02 Å². The third kappa shape index (κ3) is 2.74. The number of hydrogen-bond acceptors (Lipinski definition) is 3. The van der Waals surface area contributed by atoms with Gasteiger partial charge in [-0.3, -0.25) is 4.79 Å². The van der Waals surface area contributed by atoms with Gasteiger partial charge in [-0.05, 0) is 43.2 Å². The highest BCUT2D eigenvalue weighted by molar-refractivity contribution is 6.30. The highest BCUT2D eigenvalue weighted by atomic mass is 35.5. The number of carbonyl (C=O) groups excluding carboxylic acids is 1. The highest BCUT2D eigenvalue weighted by Crippen LogP contribution is 2.47. The molecule has 3 N–H and O–H groups in total. The Balaban J connectivity index is 1.64. The number of fused-ring (bicyclic) bond motifs is 2. The molecule has 5 heteroatoms. The van der Waals surface area contributed by atoms with Crippen LogP contribution in [0.15, 0.2) is 18.2 Å². The summed E-state index contributed by atoms with van der Waals surface area (Å²) in [7, 11) is 1.60. The molecule has 2 aliphatic rings. The van der Waals surface area contributed by atoms with Crippen molar-refractivity contribution in [1.82, 2.24) is 5.32 Å². The smallest absolute Gasteiger partial charge is 0.225 e. The average molecular weight is 309 g/mol. The van der Waals surface area contributed by atoms with Crippen molar-refractivity contribution in [2.75, 3.05) is 7.11 Å². The maximum Gasteiger partial charge on any atom is 0.225 e. The Labute approximate surface area is 130 Å². The SMILES string of the molecule is COc1cc(Cl)ccc1CNC(=O)C1C2CCC(C2)C1N. The van der Waals surface area contributed by atoms with Gasteiger partial charge in [0.25, 0.3) is 0 Å². The van der Waals surface area contributed by atoms with E-state index in [0.29, 0.717) is 29.2 Å². The molecule has 1 aromatic carbocycles. The van der Waals surface area contributed by atoms with E-state index < -0.39 is 0 Å². The second-order valence-corrected chi connectivity index (χ2v) is 6.55. The van der Waals surface area contributed by atoms with Crippen LogP contribution in [-0.4, -0.2) is 19.1 Å². The number of hydrogen-bond donors (Lipinski definition) is 2. The topological polar surface area (TPSA) is 64.3 Å². The van der Waals surface area contributed by atoms with Gasteiger partial charge in [0, 0.05) is 23.2 Å². The maximum atomic E-state index is 12.4. The maximum absolute atomic E-state index is 12.4. The van der Waals surface area contributed by atoms with E-state index in [2.05, 4.69) is 5.32 Å². The lowest BCUT2D eigenvalue weighted by molar-refractivity contribution is -0.127. The van der Waals surface area contributed by atoms with Gasteiger partial charge in [0.1, 0.15) is 5.75 Å². The van der Waals surface area contributed by atoms with E-state index in [1.54, 1.807) is 19.2 Å². The van der Waals surface area contributed by atoms with Gasteiger partial charge in [-0.1, -0.05) is 17.7 Å². The molecule has 2 saturated carbocycles. The van der Waals surface area contributed by atoms with E-state index in [9.17, 15) is 4.79 Å². The van der Waals surface area contributed by atoms with Crippen molar-refractivity contribution in [2.24, 2.45) is 23.5 Å². The summed E-state index contributed by atoms with van der Waals surface area (Å²) in [6.45, 7) is 0.444. The van der Waals surface area contributed by atoms with Crippen molar-refractivity contribution in [3.63, 3.8) is 0 Å². The number of rotatable bonds is 4. The second-order valence-electron chi connectivity index (χ2n) is 6.11. The zero-order valence-electron chi connectivity index (χ0n) is 12.1. The van der Waals surface area contributed by atoms with Crippen LogP contribution in [0, 0.1) is 17.8 Å². The van der Waals surface area contributed by atoms with Gasteiger partial charge in [0.05, 0.1) is 13.0 Å². The minimum absolute atomic E-state index is 0.0239. The van der Waals surface area contributed by atoms with Crippen LogP contribution in [0.1, 0.15) is 24.8 Å². The van der Waals surface area contributed by atoms with Crippen molar-refractivity contribution in [1.29, 1.82) is 0 Å². The van der Waals surface area contributed by atoms with E-state index in [-0.39, 0.29) is 17.9 Å². The van der Waals surface area contributed by atoms with Crippen LogP contribution >= 0.6 is 11.6 Å². The van der Waals surface area contributed by atoms with Gasteiger partial charge in [0.15, 0.2) is 0 Å².